The van der Waals surface area contributed by atoms with E-state index >= 15 is 0 Å². The van der Waals surface area contributed by atoms with E-state index < -0.39 is 0 Å². The van der Waals surface area contributed by atoms with Crippen molar-refractivity contribution in [1.29, 1.82) is 0 Å². The molecule has 9 heteroatoms. The van der Waals surface area contributed by atoms with Crippen LogP contribution in [0.2, 0.25) is 0 Å². The first-order valence-corrected chi connectivity index (χ1v) is 15.0. The van der Waals surface area contributed by atoms with Crippen molar-refractivity contribution >= 4 is 17.6 Å². The number of likely N-dealkylation sites (N-methyl/N-ethyl adjacent to an activating group) is 1. The summed E-state index contributed by atoms with van der Waals surface area (Å²) in [6.45, 7) is 11.2. The van der Waals surface area contributed by atoms with Crippen molar-refractivity contribution < 1.29 is 19.1 Å². The highest BCUT2D eigenvalue weighted by molar-refractivity contribution is 5.99. The van der Waals surface area contributed by atoms with E-state index in [1.165, 1.54) is 5.56 Å². The third-order valence-corrected chi connectivity index (χ3v) is 7.80. The van der Waals surface area contributed by atoms with Gasteiger partial charge >= 0.3 is 6.03 Å². The zero-order valence-electron chi connectivity index (χ0n) is 26.2. The number of carbonyl (C=O) groups is 2. The molecule has 0 fully saturated rings. The Balaban J connectivity index is 1.56. The third kappa shape index (κ3) is 8.78. The summed E-state index contributed by atoms with van der Waals surface area (Å²) in [5, 5.41) is 5.69. The molecule has 2 N–H and O–H groups in total. The average Bonchev–Trinajstić information content (AvgIpc) is 3.01. The van der Waals surface area contributed by atoms with E-state index in [9.17, 15) is 9.59 Å². The number of nitrogens with zero attached hydrogens (tertiary/aromatic N) is 3. The fraction of sp³-hybridized carbons (Fsp3) is 0.441. The van der Waals surface area contributed by atoms with Crippen molar-refractivity contribution in [1.82, 2.24) is 20.1 Å². The van der Waals surface area contributed by atoms with Crippen molar-refractivity contribution in [3.05, 3.63) is 78.0 Å². The summed E-state index contributed by atoms with van der Waals surface area (Å²) in [6, 6.07) is 19.4. The molecule has 0 aliphatic carbocycles. The molecule has 4 rings (SSSR count). The molecule has 230 valence electrons. The number of benzene rings is 2. The van der Waals surface area contributed by atoms with Crippen LogP contribution in [0.5, 0.6) is 5.75 Å². The van der Waals surface area contributed by atoms with Gasteiger partial charge in [0.25, 0.3) is 5.91 Å². The number of nitrogens with one attached hydrogen (secondary N) is 2. The second kappa shape index (κ2) is 15.0. The molecule has 0 saturated heterocycles. The number of methoxy groups -OCH3 is 1. The first-order valence-electron chi connectivity index (χ1n) is 15.0. The quantitative estimate of drug-likeness (QED) is 0.377. The van der Waals surface area contributed by atoms with Crippen LogP contribution in [-0.2, 0) is 11.3 Å². The maximum Gasteiger partial charge on any atom is 0.319 e. The lowest BCUT2D eigenvalue weighted by Crippen LogP contribution is -2.46. The van der Waals surface area contributed by atoms with Crippen LogP contribution in [0.15, 0.2) is 66.9 Å². The number of hydrogen-bond donors (Lipinski definition) is 2. The smallest absolute Gasteiger partial charge is 0.319 e. The van der Waals surface area contributed by atoms with Gasteiger partial charge < -0.3 is 25.0 Å². The molecule has 1 aliphatic rings. The number of amides is 3. The molecular formula is C34H45N5O4. The van der Waals surface area contributed by atoms with Crippen molar-refractivity contribution in [3.8, 4) is 17.0 Å². The normalized spacial score (nSPS) is 20.0. The number of anilines is 1. The molecule has 0 bridgehead atoms. The van der Waals surface area contributed by atoms with Crippen LogP contribution in [0, 0.1) is 11.8 Å². The van der Waals surface area contributed by atoms with Gasteiger partial charge in [0.1, 0.15) is 12.4 Å². The van der Waals surface area contributed by atoms with Crippen LogP contribution < -0.4 is 15.4 Å². The number of rotatable bonds is 7. The van der Waals surface area contributed by atoms with Crippen molar-refractivity contribution in [2.24, 2.45) is 11.8 Å². The van der Waals surface area contributed by atoms with E-state index in [2.05, 4.69) is 58.6 Å². The SMILES string of the molecule is CO[C@H]1CN(C)C(=O)c2cc(NC(=O)NCC(C)C)ccc2OC[C@H](C)N(Cc2ccc(-c3ccccn3)cc2)C[C@@H]1C. The van der Waals surface area contributed by atoms with Crippen LogP contribution in [0.4, 0.5) is 10.5 Å². The number of hydrogen-bond acceptors (Lipinski definition) is 6. The number of fused-ring (bicyclic) bond motifs is 1. The van der Waals surface area contributed by atoms with E-state index in [1.54, 1.807) is 43.5 Å². The zero-order chi connectivity index (χ0) is 30.9. The van der Waals surface area contributed by atoms with Crippen molar-refractivity contribution in [2.75, 3.05) is 45.7 Å². The van der Waals surface area contributed by atoms with E-state index in [1.807, 2.05) is 32.0 Å². The van der Waals surface area contributed by atoms with Gasteiger partial charge in [-0.25, -0.2) is 4.79 Å². The number of pyridine rings is 1. The summed E-state index contributed by atoms with van der Waals surface area (Å²) >= 11 is 0. The molecule has 1 aromatic heterocycles. The zero-order valence-corrected chi connectivity index (χ0v) is 26.2. The fourth-order valence-corrected chi connectivity index (χ4v) is 5.17. The van der Waals surface area contributed by atoms with Gasteiger partial charge in [0.15, 0.2) is 0 Å². The Morgan fingerprint density at radius 3 is 2.53 bits per heavy atom. The minimum absolute atomic E-state index is 0.0511. The predicted molar refractivity (Wildman–Crippen MR) is 170 cm³/mol. The molecule has 3 amide bonds. The Labute approximate surface area is 255 Å². The minimum Gasteiger partial charge on any atom is -0.491 e. The lowest BCUT2D eigenvalue weighted by atomic mass is 10.0. The molecule has 2 aromatic carbocycles. The predicted octanol–water partition coefficient (Wildman–Crippen LogP) is 5.53. The van der Waals surface area contributed by atoms with Gasteiger partial charge in [-0.1, -0.05) is 51.1 Å². The topological polar surface area (TPSA) is 96.0 Å². The summed E-state index contributed by atoms with van der Waals surface area (Å²) in [5.41, 5.74) is 4.15. The molecule has 3 atom stereocenters. The highest BCUT2D eigenvalue weighted by atomic mass is 16.5. The fourth-order valence-electron chi connectivity index (χ4n) is 5.17. The molecule has 2 heterocycles. The van der Waals surface area contributed by atoms with Crippen LogP contribution in [0.25, 0.3) is 11.3 Å². The Hall–Kier alpha value is -3.95. The maximum absolute atomic E-state index is 13.6. The number of carbonyl (C=O) groups excluding carboxylic acids is 2. The highest BCUT2D eigenvalue weighted by Crippen LogP contribution is 2.27. The van der Waals surface area contributed by atoms with Gasteiger partial charge in [-0.05, 0) is 54.7 Å². The Morgan fingerprint density at radius 1 is 1.09 bits per heavy atom. The summed E-state index contributed by atoms with van der Waals surface area (Å²) < 4.78 is 12.2. The minimum atomic E-state index is -0.311. The van der Waals surface area contributed by atoms with Crippen LogP contribution >= 0.6 is 0 Å². The van der Waals surface area contributed by atoms with Gasteiger partial charge in [-0.2, -0.15) is 0 Å². The summed E-state index contributed by atoms with van der Waals surface area (Å²) in [4.78, 5) is 34.6. The maximum atomic E-state index is 13.6. The van der Waals surface area contributed by atoms with Gasteiger partial charge in [-0.15, -0.1) is 0 Å². The highest BCUT2D eigenvalue weighted by Gasteiger charge is 2.28. The molecule has 0 spiro atoms. The molecule has 0 radical (unpaired) electrons. The molecule has 43 heavy (non-hydrogen) atoms. The summed E-state index contributed by atoms with van der Waals surface area (Å²) in [7, 11) is 3.47. The summed E-state index contributed by atoms with van der Waals surface area (Å²) in [6.07, 6.45) is 1.64. The average molecular weight is 588 g/mol. The Bertz CT molecular complexity index is 1350. The van der Waals surface area contributed by atoms with Gasteiger partial charge in [-0.3, -0.25) is 14.7 Å². The first-order chi connectivity index (χ1) is 20.6. The number of aromatic nitrogens is 1. The monoisotopic (exact) mass is 587 g/mol. The number of ether oxygens (including phenoxy) is 2. The van der Waals surface area contributed by atoms with Crippen LogP contribution in [0.3, 0.4) is 0 Å². The van der Waals surface area contributed by atoms with Crippen molar-refractivity contribution in [2.45, 2.75) is 46.4 Å². The molecule has 0 unspecified atom stereocenters. The van der Waals surface area contributed by atoms with Crippen molar-refractivity contribution in [3.63, 3.8) is 0 Å². The Kier molecular flexibility index (Phi) is 11.1. The molecular weight excluding hydrogens is 542 g/mol. The van der Waals surface area contributed by atoms with Crippen LogP contribution in [-0.4, -0.2) is 79.3 Å². The second-order valence-electron chi connectivity index (χ2n) is 11.9. The first kappa shape index (κ1) is 32.0. The Morgan fingerprint density at radius 2 is 1.86 bits per heavy atom. The largest absolute Gasteiger partial charge is 0.491 e. The summed E-state index contributed by atoms with van der Waals surface area (Å²) in [5.74, 6) is 0.772. The number of urea groups is 1. The molecule has 9 nitrogen and oxygen atoms in total. The standard InChI is InChI=1S/C34H45N5O4/c1-23(2)18-36-34(41)37-28-14-15-31-29(17-28)33(40)38(5)21-32(42-6)24(3)19-39(25(4)22-43-31)20-26-10-12-27(13-11-26)30-9-7-8-16-35-30/h7-17,23-25,32H,18-22H2,1-6H3,(H2,36,37,41)/t24-,25-,32-/m0/s1. The lowest BCUT2D eigenvalue weighted by Gasteiger charge is -2.36. The van der Waals surface area contributed by atoms with E-state index in [-0.39, 0.29) is 30.0 Å². The van der Waals surface area contributed by atoms with Gasteiger partial charge in [0, 0.05) is 63.8 Å². The van der Waals surface area contributed by atoms with E-state index in [0.29, 0.717) is 42.6 Å². The van der Waals surface area contributed by atoms with E-state index in [4.69, 9.17) is 9.47 Å². The molecule has 1 aliphatic heterocycles. The van der Waals surface area contributed by atoms with Gasteiger partial charge in [0.05, 0.1) is 17.4 Å². The third-order valence-electron chi connectivity index (χ3n) is 7.80. The molecule has 0 saturated carbocycles. The molecule has 3 aromatic rings. The van der Waals surface area contributed by atoms with Gasteiger partial charge in [0.2, 0.25) is 0 Å². The second-order valence-corrected chi connectivity index (χ2v) is 11.9. The van der Waals surface area contributed by atoms with E-state index in [0.717, 1.165) is 24.3 Å². The van der Waals surface area contributed by atoms with Crippen LogP contribution in [0.1, 0.15) is 43.6 Å². The lowest BCUT2D eigenvalue weighted by molar-refractivity contribution is 0.00922.